The number of carbonyl (C=O) groups is 1. The average molecular weight is 284 g/mol. The molecule has 0 aliphatic carbocycles. The quantitative estimate of drug-likeness (QED) is 0.811. The monoisotopic (exact) mass is 284 g/mol. The lowest BCUT2D eigenvalue weighted by atomic mass is 9.83. The van der Waals surface area contributed by atoms with Crippen LogP contribution in [-0.2, 0) is 4.79 Å². The van der Waals surface area contributed by atoms with Gasteiger partial charge in [-0.25, -0.2) is 0 Å². The first-order valence-electron chi connectivity index (χ1n) is 7.90. The van der Waals surface area contributed by atoms with Crippen molar-refractivity contribution in [2.75, 3.05) is 32.8 Å². The van der Waals surface area contributed by atoms with Gasteiger partial charge < -0.3 is 10.0 Å². The lowest BCUT2D eigenvalue weighted by Gasteiger charge is -2.40. The first kappa shape index (κ1) is 17.4. The molecule has 0 saturated carbocycles. The third-order valence-electron chi connectivity index (χ3n) is 4.11. The van der Waals surface area contributed by atoms with E-state index in [0.717, 1.165) is 32.5 Å². The summed E-state index contributed by atoms with van der Waals surface area (Å²) in [7, 11) is 0. The van der Waals surface area contributed by atoms with E-state index in [-0.39, 0.29) is 24.0 Å². The van der Waals surface area contributed by atoms with Gasteiger partial charge in [0.1, 0.15) is 0 Å². The van der Waals surface area contributed by atoms with E-state index in [1.165, 1.54) is 0 Å². The fraction of sp³-hybridized carbons (Fsp3) is 0.938. The summed E-state index contributed by atoms with van der Waals surface area (Å²) in [4.78, 5) is 16.7. The number of piperidine rings is 1. The Morgan fingerprint density at radius 3 is 2.50 bits per heavy atom. The number of nitrogens with zero attached hydrogens (tertiary/aromatic N) is 2. The highest BCUT2D eigenvalue weighted by atomic mass is 16.3. The number of carbonyl (C=O) groups excluding carboxylic acids is 1. The predicted octanol–water partition coefficient (Wildman–Crippen LogP) is 1.97. The second kappa shape index (κ2) is 7.41. The summed E-state index contributed by atoms with van der Waals surface area (Å²) < 4.78 is 0. The van der Waals surface area contributed by atoms with Gasteiger partial charge >= 0.3 is 0 Å². The minimum Gasteiger partial charge on any atom is -0.396 e. The second-order valence-corrected chi connectivity index (χ2v) is 7.32. The molecule has 0 spiro atoms. The van der Waals surface area contributed by atoms with Gasteiger partial charge in [-0.2, -0.15) is 0 Å². The summed E-state index contributed by atoms with van der Waals surface area (Å²) in [5.74, 6) is 0.710. The first-order valence-corrected chi connectivity index (χ1v) is 7.90. The van der Waals surface area contributed by atoms with Crippen molar-refractivity contribution < 1.29 is 9.90 Å². The van der Waals surface area contributed by atoms with E-state index in [1.54, 1.807) is 0 Å². The van der Waals surface area contributed by atoms with Crippen molar-refractivity contribution in [2.24, 2.45) is 11.3 Å². The van der Waals surface area contributed by atoms with Crippen LogP contribution in [0.2, 0.25) is 0 Å². The molecule has 1 atom stereocenters. The Morgan fingerprint density at radius 1 is 1.35 bits per heavy atom. The molecule has 1 fully saturated rings. The third-order valence-corrected chi connectivity index (χ3v) is 4.11. The van der Waals surface area contributed by atoms with Crippen LogP contribution in [-0.4, -0.2) is 59.6 Å². The van der Waals surface area contributed by atoms with Crippen molar-refractivity contribution in [1.82, 2.24) is 9.80 Å². The average Bonchev–Trinajstić information content (AvgIpc) is 2.35. The van der Waals surface area contributed by atoms with Crippen molar-refractivity contribution in [3.05, 3.63) is 0 Å². The second-order valence-electron chi connectivity index (χ2n) is 7.32. The topological polar surface area (TPSA) is 43.8 Å². The van der Waals surface area contributed by atoms with Gasteiger partial charge in [0, 0.05) is 31.2 Å². The lowest BCUT2D eigenvalue weighted by Crippen LogP contribution is -2.50. The molecule has 1 aliphatic rings. The third kappa shape index (κ3) is 5.06. The van der Waals surface area contributed by atoms with Gasteiger partial charge in [0.05, 0.1) is 6.54 Å². The molecular formula is C16H32N2O2. The summed E-state index contributed by atoms with van der Waals surface area (Å²) in [6.07, 6.45) is 2.12. The fourth-order valence-electron chi connectivity index (χ4n) is 2.97. The zero-order valence-electron chi connectivity index (χ0n) is 13.9. The molecule has 4 heteroatoms. The molecule has 0 aromatic heterocycles. The Hall–Kier alpha value is -0.610. The van der Waals surface area contributed by atoms with E-state index in [1.807, 2.05) is 4.90 Å². The van der Waals surface area contributed by atoms with Crippen molar-refractivity contribution in [1.29, 1.82) is 0 Å². The van der Waals surface area contributed by atoms with Gasteiger partial charge in [-0.3, -0.25) is 9.69 Å². The number of hydrogen-bond acceptors (Lipinski definition) is 3. The van der Waals surface area contributed by atoms with Crippen LogP contribution in [0.1, 0.15) is 47.5 Å². The molecule has 118 valence electrons. The van der Waals surface area contributed by atoms with Crippen LogP contribution in [0.3, 0.4) is 0 Å². The number of likely N-dealkylation sites (tertiary alicyclic amines) is 1. The molecule has 1 aliphatic heterocycles. The zero-order valence-corrected chi connectivity index (χ0v) is 13.9. The van der Waals surface area contributed by atoms with Crippen LogP contribution >= 0.6 is 0 Å². The summed E-state index contributed by atoms with van der Waals surface area (Å²) in [6.45, 7) is 13.9. The lowest BCUT2D eigenvalue weighted by molar-refractivity contribution is -0.135. The zero-order chi connectivity index (χ0) is 15.3. The summed E-state index contributed by atoms with van der Waals surface area (Å²) >= 11 is 0. The molecule has 1 rings (SSSR count). The molecule has 1 unspecified atom stereocenters. The number of amides is 1. The van der Waals surface area contributed by atoms with E-state index in [9.17, 15) is 9.90 Å². The highest BCUT2D eigenvalue weighted by Gasteiger charge is 2.32. The molecule has 0 radical (unpaired) electrons. The van der Waals surface area contributed by atoms with Crippen LogP contribution in [0, 0.1) is 11.3 Å². The molecule has 1 heterocycles. The molecule has 0 bridgehead atoms. The SMILES string of the molecule is CC(C)CN(C(=O)CN1CCCC(C)(CO)C1)C(C)C. The Morgan fingerprint density at radius 2 is 2.00 bits per heavy atom. The molecule has 4 nitrogen and oxygen atoms in total. The highest BCUT2D eigenvalue weighted by Crippen LogP contribution is 2.28. The van der Waals surface area contributed by atoms with Crippen molar-refractivity contribution in [3.63, 3.8) is 0 Å². The van der Waals surface area contributed by atoms with Crippen LogP contribution in [0.15, 0.2) is 0 Å². The number of aliphatic hydroxyl groups excluding tert-OH is 1. The van der Waals surface area contributed by atoms with Crippen LogP contribution in [0.25, 0.3) is 0 Å². The van der Waals surface area contributed by atoms with Gasteiger partial charge in [0.15, 0.2) is 0 Å². The van der Waals surface area contributed by atoms with E-state index >= 15 is 0 Å². The molecular weight excluding hydrogens is 252 g/mol. The van der Waals surface area contributed by atoms with Gasteiger partial charge in [-0.1, -0.05) is 20.8 Å². The van der Waals surface area contributed by atoms with Gasteiger partial charge in [-0.15, -0.1) is 0 Å². The van der Waals surface area contributed by atoms with Gasteiger partial charge in [-0.05, 0) is 39.2 Å². The summed E-state index contributed by atoms with van der Waals surface area (Å²) in [5.41, 5.74) is -0.0424. The van der Waals surface area contributed by atoms with Gasteiger partial charge in [0.2, 0.25) is 5.91 Å². The molecule has 20 heavy (non-hydrogen) atoms. The Balaban J connectivity index is 2.59. The predicted molar refractivity (Wildman–Crippen MR) is 82.6 cm³/mol. The normalized spacial score (nSPS) is 24.4. The van der Waals surface area contributed by atoms with E-state index in [2.05, 4.69) is 39.5 Å². The summed E-state index contributed by atoms with van der Waals surface area (Å²) in [6, 6.07) is 0.249. The Kier molecular flexibility index (Phi) is 6.46. The first-order chi connectivity index (χ1) is 9.27. The maximum absolute atomic E-state index is 12.5. The van der Waals surface area contributed by atoms with Crippen LogP contribution in [0.5, 0.6) is 0 Å². The largest absolute Gasteiger partial charge is 0.396 e. The van der Waals surface area contributed by atoms with E-state index in [4.69, 9.17) is 0 Å². The number of hydrogen-bond donors (Lipinski definition) is 1. The van der Waals surface area contributed by atoms with Gasteiger partial charge in [0.25, 0.3) is 0 Å². The number of rotatable bonds is 6. The van der Waals surface area contributed by atoms with Crippen molar-refractivity contribution in [2.45, 2.75) is 53.5 Å². The smallest absolute Gasteiger partial charge is 0.236 e. The van der Waals surface area contributed by atoms with Crippen molar-refractivity contribution >= 4 is 5.91 Å². The van der Waals surface area contributed by atoms with E-state index in [0.29, 0.717) is 12.5 Å². The molecule has 1 amide bonds. The van der Waals surface area contributed by atoms with Crippen LogP contribution in [0.4, 0.5) is 0 Å². The Bertz CT molecular complexity index is 318. The molecule has 0 aromatic carbocycles. The fourth-order valence-corrected chi connectivity index (χ4v) is 2.97. The molecule has 1 N–H and O–H groups in total. The maximum atomic E-state index is 12.5. The summed E-state index contributed by atoms with van der Waals surface area (Å²) in [5, 5.41) is 9.50. The molecule has 0 aromatic rings. The van der Waals surface area contributed by atoms with Crippen molar-refractivity contribution in [3.8, 4) is 0 Å². The molecule has 1 saturated heterocycles. The highest BCUT2D eigenvalue weighted by molar-refractivity contribution is 5.78. The Labute approximate surface area is 124 Å². The minimum atomic E-state index is -0.0424. The maximum Gasteiger partial charge on any atom is 0.236 e. The van der Waals surface area contributed by atoms with Crippen LogP contribution < -0.4 is 0 Å². The minimum absolute atomic E-state index is 0.0424. The standard InChI is InChI=1S/C16H32N2O2/c1-13(2)9-18(14(3)4)15(20)10-17-8-6-7-16(5,11-17)12-19/h13-14,19H,6-12H2,1-5H3. The number of aliphatic hydroxyl groups is 1. The van der Waals surface area contributed by atoms with E-state index < -0.39 is 0 Å².